The molecule has 0 N–H and O–H groups in total. The maximum atomic E-state index is 14.1. The summed E-state index contributed by atoms with van der Waals surface area (Å²) in [7, 11) is 0. The van der Waals surface area contributed by atoms with Gasteiger partial charge in [-0.05, 0) is 31.2 Å². The van der Waals surface area contributed by atoms with E-state index in [1.165, 1.54) is 27.1 Å². The van der Waals surface area contributed by atoms with E-state index < -0.39 is 0 Å². The fourth-order valence-electron chi connectivity index (χ4n) is 4.30. The normalized spacial score (nSPS) is 17.3. The molecular weight excluding hydrogens is 397 g/mol. The van der Waals surface area contributed by atoms with Crippen LogP contribution in [-0.4, -0.2) is 47.6 Å². The lowest BCUT2D eigenvalue weighted by molar-refractivity contribution is 0.245. The maximum Gasteiger partial charge on any atom is 0.225 e. The zero-order chi connectivity index (χ0) is 20.5. The van der Waals surface area contributed by atoms with Gasteiger partial charge in [-0.25, -0.2) is 14.4 Å². The van der Waals surface area contributed by atoms with Gasteiger partial charge in [0.15, 0.2) is 0 Å². The molecule has 5 nitrogen and oxygen atoms in total. The third kappa shape index (κ3) is 4.04. The van der Waals surface area contributed by atoms with Crippen molar-refractivity contribution in [1.82, 2.24) is 14.9 Å². The van der Waals surface area contributed by atoms with Crippen molar-refractivity contribution in [3.63, 3.8) is 0 Å². The Hall–Kier alpha value is -2.51. The highest BCUT2D eigenvalue weighted by Gasteiger charge is 2.24. The number of aromatic nitrogens is 2. The average molecular weight is 424 g/mol. The lowest BCUT2D eigenvalue weighted by Crippen LogP contribution is -2.47. The largest absolute Gasteiger partial charge is 0.366 e. The molecule has 7 heteroatoms. The number of anilines is 2. The van der Waals surface area contributed by atoms with Crippen LogP contribution >= 0.6 is 11.3 Å². The quantitative estimate of drug-likeness (QED) is 0.637. The number of nitrogens with zero attached hydrogens (tertiary/aromatic N) is 5. The van der Waals surface area contributed by atoms with Crippen LogP contribution in [0.25, 0.3) is 0 Å². The third-order valence-corrected chi connectivity index (χ3v) is 6.92. The number of fused-ring (bicyclic) bond motifs is 1. The van der Waals surface area contributed by atoms with E-state index in [-0.39, 0.29) is 5.82 Å². The molecule has 0 radical (unpaired) electrons. The van der Waals surface area contributed by atoms with Crippen LogP contribution in [-0.2, 0) is 19.5 Å². The van der Waals surface area contributed by atoms with Crippen LogP contribution in [0.1, 0.15) is 21.0 Å². The summed E-state index contributed by atoms with van der Waals surface area (Å²) in [6.07, 6.45) is 2.97. The highest BCUT2D eigenvalue weighted by atomic mass is 32.1. The maximum absolute atomic E-state index is 14.1. The minimum atomic E-state index is -0.154. The number of aryl methyl sites for hydroxylation is 1. The van der Waals surface area contributed by atoms with E-state index in [4.69, 9.17) is 4.98 Å². The second-order valence-corrected chi connectivity index (χ2v) is 9.41. The summed E-state index contributed by atoms with van der Waals surface area (Å²) in [5.74, 6) is 0.655. The average Bonchev–Trinajstić information content (AvgIpc) is 3.18. The first-order valence-electron chi connectivity index (χ1n) is 10.5. The Kier molecular flexibility index (Phi) is 5.39. The summed E-state index contributed by atoms with van der Waals surface area (Å²) >= 11 is 1.88. The molecule has 0 atom stereocenters. The van der Waals surface area contributed by atoms with Crippen LogP contribution in [0.15, 0.2) is 42.6 Å². The van der Waals surface area contributed by atoms with Crippen molar-refractivity contribution in [3.8, 4) is 0 Å². The lowest BCUT2D eigenvalue weighted by Gasteiger charge is -2.36. The second-order valence-electron chi connectivity index (χ2n) is 8.04. The Morgan fingerprint density at radius 3 is 2.57 bits per heavy atom. The van der Waals surface area contributed by atoms with E-state index in [1.807, 2.05) is 29.7 Å². The fourth-order valence-corrected chi connectivity index (χ4v) is 5.23. The smallest absolute Gasteiger partial charge is 0.225 e. The number of para-hydroxylation sites is 1. The summed E-state index contributed by atoms with van der Waals surface area (Å²) < 4.78 is 14.1. The summed E-state index contributed by atoms with van der Waals surface area (Å²) in [6, 6.07) is 11.4. The molecule has 3 aromatic rings. The Morgan fingerprint density at radius 2 is 1.80 bits per heavy atom. The van der Waals surface area contributed by atoms with Gasteiger partial charge in [0.25, 0.3) is 0 Å². The Morgan fingerprint density at radius 1 is 1.00 bits per heavy atom. The third-order valence-electron chi connectivity index (χ3n) is 5.93. The molecule has 0 saturated carbocycles. The minimum Gasteiger partial charge on any atom is -0.366 e. The number of rotatable bonds is 4. The van der Waals surface area contributed by atoms with E-state index in [0.717, 1.165) is 58.2 Å². The van der Waals surface area contributed by atoms with Crippen molar-refractivity contribution in [2.75, 3.05) is 42.5 Å². The van der Waals surface area contributed by atoms with E-state index in [0.29, 0.717) is 5.69 Å². The number of piperazine rings is 1. The molecule has 1 aromatic carbocycles. The Bertz CT molecular complexity index is 1030. The molecule has 5 rings (SSSR count). The predicted octanol–water partition coefficient (Wildman–Crippen LogP) is 3.87. The molecule has 0 unspecified atom stereocenters. The van der Waals surface area contributed by atoms with Crippen molar-refractivity contribution in [2.24, 2.45) is 0 Å². The van der Waals surface area contributed by atoms with Crippen molar-refractivity contribution in [3.05, 3.63) is 69.4 Å². The minimum absolute atomic E-state index is 0.154. The van der Waals surface area contributed by atoms with Crippen LogP contribution < -0.4 is 9.80 Å². The topological polar surface area (TPSA) is 35.5 Å². The summed E-state index contributed by atoms with van der Waals surface area (Å²) in [6.45, 7) is 8.25. The standard InChI is InChI=1S/C23H26FN5S/c1-17-6-7-19(30-17)16-27-9-8-21-18(15-27)14-25-23(26-21)29-12-10-28(11-13-29)22-5-3-2-4-20(22)24/h2-7,14H,8-13,15-16H2,1H3. The van der Waals surface area contributed by atoms with Gasteiger partial charge in [-0.15, -0.1) is 11.3 Å². The van der Waals surface area contributed by atoms with Crippen molar-refractivity contribution >= 4 is 23.0 Å². The number of halogens is 1. The highest BCUT2D eigenvalue weighted by Crippen LogP contribution is 2.25. The van der Waals surface area contributed by atoms with Crippen LogP contribution in [0.3, 0.4) is 0 Å². The van der Waals surface area contributed by atoms with Crippen molar-refractivity contribution < 1.29 is 4.39 Å². The molecule has 30 heavy (non-hydrogen) atoms. The summed E-state index contributed by atoms with van der Waals surface area (Å²) in [5.41, 5.74) is 3.10. The lowest BCUT2D eigenvalue weighted by atomic mass is 10.1. The molecule has 0 bridgehead atoms. The van der Waals surface area contributed by atoms with Crippen LogP contribution in [0.4, 0.5) is 16.0 Å². The van der Waals surface area contributed by atoms with E-state index in [2.05, 4.69) is 38.7 Å². The molecule has 0 spiro atoms. The van der Waals surface area contributed by atoms with Crippen molar-refractivity contribution in [2.45, 2.75) is 26.4 Å². The van der Waals surface area contributed by atoms with Gasteiger partial charge in [-0.3, -0.25) is 4.90 Å². The number of hydrogen-bond acceptors (Lipinski definition) is 6. The summed E-state index contributed by atoms with van der Waals surface area (Å²) in [5, 5.41) is 0. The van der Waals surface area contributed by atoms with E-state index in [1.54, 1.807) is 6.07 Å². The fraction of sp³-hybridized carbons (Fsp3) is 0.391. The van der Waals surface area contributed by atoms with Gasteiger partial charge in [0.2, 0.25) is 5.95 Å². The van der Waals surface area contributed by atoms with Gasteiger partial charge in [-0.1, -0.05) is 12.1 Å². The van der Waals surface area contributed by atoms with Crippen molar-refractivity contribution in [1.29, 1.82) is 0 Å². The molecule has 0 amide bonds. The molecular formula is C23H26FN5S. The molecule has 4 heterocycles. The highest BCUT2D eigenvalue weighted by molar-refractivity contribution is 7.11. The first kappa shape index (κ1) is 19.5. The van der Waals surface area contributed by atoms with Crippen LogP contribution in [0.2, 0.25) is 0 Å². The molecule has 2 aliphatic heterocycles. The summed E-state index contributed by atoms with van der Waals surface area (Å²) in [4.78, 5) is 19.2. The monoisotopic (exact) mass is 423 g/mol. The molecule has 2 aliphatic rings. The number of hydrogen-bond donors (Lipinski definition) is 0. The first-order valence-corrected chi connectivity index (χ1v) is 11.3. The molecule has 156 valence electrons. The first-order chi connectivity index (χ1) is 14.7. The van der Waals surface area contributed by atoms with E-state index in [9.17, 15) is 4.39 Å². The zero-order valence-electron chi connectivity index (χ0n) is 17.2. The van der Waals surface area contributed by atoms with Gasteiger partial charge >= 0.3 is 0 Å². The molecule has 1 fully saturated rings. The number of benzene rings is 1. The van der Waals surface area contributed by atoms with Crippen LogP contribution in [0, 0.1) is 12.7 Å². The molecule has 1 saturated heterocycles. The Balaban J connectivity index is 1.22. The van der Waals surface area contributed by atoms with Gasteiger partial charge in [-0.2, -0.15) is 0 Å². The van der Waals surface area contributed by atoms with Crippen LogP contribution in [0.5, 0.6) is 0 Å². The second kappa shape index (κ2) is 8.32. The van der Waals surface area contributed by atoms with E-state index >= 15 is 0 Å². The molecule has 2 aromatic heterocycles. The Labute approximate surface area is 180 Å². The predicted molar refractivity (Wildman–Crippen MR) is 120 cm³/mol. The van der Waals surface area contributed by atoms with Gasteiger partial charge < -0.3 is 9.80 Å². The van der Waals surface area contributed by atoms with Gasteiger partial charge in [0, 0.05) is 73.7 Å². The number of thiophene rings is 1. The zero-order valence-corrected chi connectivity index (χ0v) is 18.0. The van der Waals surface area contributed by atoms with Gasteiger partial charge in [0.1, 0.15) is 5.82 Å². The van der Waals surface area contributed by atoms with Gasteiger partial charge in [0.05, 0.1) is 11.4 Å². The molecule has 0 aliphatic carbocycles. The SMILES string of the molecule is Cc1ccc(CN2CCc3nc(N4CCN(c5ccccc5F)CC4)ncc3C2)s1.